The molecule has 0 bridgehead atoms. The average Bonchev–Trinajstić information content (AvgIpc) is 3.26. The van der Waals surface area contributed by atoms with Gasteiger partial charge in [-0.2, -0.15) is 4.98 Å². The van der Waals surface area contributed by atoms with Gasteiger partial charge in [-0.15, -0.1) is 0 Å². The number of hydrogen-bond donors (Lipinski definition) is 2. The summed E-state index contributed by atoms with van der Waals surface area (Å²) in [5, 5.41) is 9.62. The Hall–Kier alpha value is -3.55. The lowest BCUT2D eigenvalue weighted by atomic mass is 10.1. The van der Waals surface area contributed by atoms with Crippen LogP contribution in [0.1, 0.15) is 48.5 Å². The van der Waals surface area contributed by atoms with Crippen molar-refractivity contribution in [2.75, 3.05) is 0 Å². The molecule has 2 aromatic carbocycles. The Morgan fingerprint density at radius 2 is 1.94 bits per heavy atom. The van der Waals surface area contributed by atoms with Gasteiger partial charge in [0.1, 0.15) is 5.82 Å². The van der Waals surface area contributed by atoms with Gasteiger partial charge < -0.3 is 15.2 Å². The van der Waals surface area contributed by atoms with Crippen molar-refractivity contribution in [1.82, 2.24) is 20.8 Å². The van der Waals surface area contributed by atoms with E-state index in [1.807, 2.05) is 19.9 Å². The first-order valence-corrected chi connectivity index (χ1v) is 10.2. The molecule has 0 saturated heterocycles. The van der Waals surface area contributed by atoms with Gasteiger partial charge in [0.05, 0.1) is 0 Å². The highest BCUT2D eigenvalue weighted by molar-refractivity contribution is 5.94. The lowest BCUT2D eigenvalue weighted by molar-refractivity contribution is -0.121. The number of hydrogen-bond acceptors (Lipinski definition) is 5. The maximum atomic E-state index is 13.0. The van der Waals surface area contributed by atoms with E-state index in [4.69, 9.17) is 4.52 Å². The molecular formula is C23H25FN4O3. The largest absolute Gasteiger partial charge is 0.352 e. The van der Waals surface area contributed by atoms with Crippen molar-refractivity contribution in [3.63, 3.8) is 0 Å². The van der Waals surface area contributed by atoms with Crippen LogP contribution in [0.5, 0.6) is 0 Å². The van der Waals surface area contributed by atoms with Crippen molar-refractivity contribution in [3.05, 3.63) is 71.4 Å². The van der Waals surface area contributed by atoms with Crippen molar-refractivity contribution in [2.45, 2.75) is 45.7 Å². The van der Waals surface area contributed by atoms with Crippen molar-refractivity contribution < 1.29 is 18.5 Å². The van der Waals surface area contributed by atoms with Gasteiger partial charge in [-0.1, -0.05) is 24.2 Å². The summed E-state index contributed by atoms with van der Waals surface area (Å²) in [6, 6.07) is 13.0. The van der Waals surface area contributed by atoms with E-state index >= 15 is 0 Å². The summed E-state index contributed by atoms with van der Waals surface area (Å²) in [4.78, 5) is 28.7. The van der Waals surface area contributed by atoms with E-state index in [2.05, 4.69) is 20.8 Å². The Kier molecular flexibility index (Phi) is 7.48. The summed E-state index contributed by atoms with van der Waals surface area (Å²) in [5.74, 6) is 0.0405. The Bertz CT molecular complexity index is 1030. The van der Waals surface area contributed by atoms with Crippen LogP contribution in [-0.4, -0.2) is 28.0 Å². The standard InChI is InChI=1S/C23H25FN4O3/c1-3-15(2)26-23(30)18-6-4-5-16(13-18)14-25-20(29)11-12-21-27-22(28-31-21)17-7-9-19(24)10-8-17/h4-10,13,15H,3,11-12,14H2,1-2H3,(H,25,29)(H,26,30). The van der Waals surface area contributed by atoms with Crippen LogP contribution in [0.2, 0.25) is 0 Å². The van der Waals surface area contributed by atoms with Crippen LogP contribution >= 0.6 is 0 Å². The number of carbonyl (C=O) groups is 2. The molecular weight excluding hydrogens is 399 g/mol. The molecule has 162 valence electrons. The van der Waals surface area contributed by atoms with Crippen LogP contribution in [0, 0.1) is 5.82 Å². The molecule has 0 radical (unpaired) electrons. The zero-order valence-electron chi connectivity index (χ0n) is 17.5. The van der Waals surface area contributed by atoms with Gasteiger partial charge in [0, 0.05) is 36.6 Å². The summed E-state index contributed by atoms with van der Waals surface area (Å²) >= 11 is 0. The molecule has 1 unspecified atom stereocenters. The van der Waals surface area contributed by atoms with Crippen LogP contribution in [0.25, 0.3) is 11.4 Å². The Labute approximate surface area is 180 Å². The molecule has 31 heavy (non-hydrogen) atoms. The van der Waals surface area contributed by atoms with Gasteiger partial charge in [0.2, 0.25) is 17.6 Å². The maximum absolute atomic E-state index is 13.0. The number of carbonyl (C=O) groups excluding carboxylic acids is 2. The minimum Gasteiger partial charge on any atom is -0.352 e. The van der Waals surface area contributed by atoms with Crippen LogP contribution in [0.15, 0.2) is 53.1 Å². The SMILES string of the molecule is CCC(C)NC(=O)c1cccc(CNC(=O)CCc2nc(-c3ccc(F)cc3)no2)c1. The quantitative estimate of drug-likeness (QED) is 0.546. The van der Waals surface area contributed by atoms with Crippen LogP contribution in [0.4, 0.5) is 4.39 Å². The van der Waals surface area contributed by atoms with Crippen LogP contribution in [0.3, 0.4) is 0 Å². The molecule has 2 amide bonds. The van der Waals surface area contributed by atoms with E-state index < -0.39 is 0 Å². The second-order valence-corrected chi connectivity index (χ2v) is 7.28. The molecule has 0 spiro atoms. The molecule has 8 heteroatoms. The molecule has 0 aliphatic carbocycles. The second kappa shape index (κ2) is 10.5. The summed E-state index contributed by atoms with van der Waals surface area (Å²) < 4.78 is 18.2. The summed E-state index contributed by atoms with van der Waals surface area (Å²) in [6.45, 7) is 4.27. The minimum absolute atomic E-state index is 0.101. The molecule has 1 atom stereocenters. The maximum Gasteiger partial charge on any atom is 0.251 e. The highest BCUT2D eigenvalue weighted by atomic mass is 19.1. The number of amides is 2. The van der Waals surface area contributed by atoms with E-state index in [0.717, 1.165) is 12.0 Å². The lowest BCUT2D eigenvalue weighted by Gasteiger charge is -2.12. The Morgan fingerprint density at radius 1 is 1.16 bits per heavy atom. The molecule has 7 nitrogen and oxygen atoms in total. The molecule has 0 fully saturated rings. The molecule has 0 aliphatic rings. The van der Waals surface area contributed by atoms with E-state index in [1.54, 1.807) is 30.3 Å². The van der Waals surface area contributed by atoms with E-state index in [1.165, 1.54) is 12.1 Å². The van der Waals surface area contributed by atoms with Gasteiger partial charge in [0.25, 0.3) is 5.91 Å². The number of nitrogens with one attached hydrogen (secondary N) is 2. The van der Waals surface area contributed by atoms with Crippen molar-refractivity contribution in [2.24, 2.45) is 0 Å². The first kappa shape index (κ1) is 22.1. The second-order valence-electron chi connectivity index (χ2n) is 7.28. The average molecular weight is 424 g/mol. The number of benzene rings is 2. The van der Waals surface area contributed by atoms with E-state index in [9.17, 15) is 14.0 Å². The molecule has 3 rings (SSSR count). The number of aromatic nitrogens is 2. The number of halogens is 1. The molecule has 1 aromatic heterocycles. The normalized spacial score (nSPS) is 11.7. The lowest BCUT2D eigenvalue weighted by Crippen LogP contribution is -2.32. The fourth-order valence-corrected chi connectivity index (χ4v) is 2.81. The molecule has 0 saturated carbocycles. The highest BCUT2D eigenvalue weighted by Crippen LogP contribution is 2.16. The fraction of sp³-hybridized carbons (Fsp3) is 0.304. The van der Waals surface area contributed by atoms with Gasteiger partial charge in [0.15, 0.2) is 0 Å². The minimum atomic E-state index is -0.342. The van der Waals surface area contributed by atoms with Gasteiger partial charge in [-0.3, -0.25) is 9.59 Å². The predicted molar refractivity (Wildman–Crippen MR) is 114 cm³/mol. The van der Waals surface area contributed by atoms with Crippen molar-refractivity contribution in [1.29, 1.82) is 0 Å². The molecule has 0 aliphatic heterocycles. The smallest absolute Gasteiger partial charge is 0.251 e. The van der Waals surface area contributed by atoms with E-state index in [-0.39, 0.29) is 36.5 Å². The predicted octanol–water partition coefficient (Wildman–Crippen LogP) is 3.65. The monoisotopic (exact) mass is 424 g/mol. The first-order valence-electron chi connectivity index (χ1n) is 10.2. The molecule has 3 aromatic rings. The van der Waals surface area contributed by atoms with Crippen LogP contribution < -0.4 is 10.6 Å². The third-order valence-electron chi connectivity index (χ3n) is 4.81. The zero-order valence-corrected chi connectivity index (χ0v) is 17.5. The number of rotatable bonds is 9. The summed E-state index contributed by atoms with van der Waals surface area (Å²) in [7, 11) is 0. The first-order chi connectivity index (χ1) is 14.9. The third-order valence-corrected chi connectivity index (χ3v) is 4.81. The van der Waals surface area contributed by atoms with E-state index in [0.29, 0.717) is 29.4 Å². The third kappa shape index (κ3) is 6.47. The van der Waals surface area contributed by atoms with Crippen LogP contribution in [-0.2, 0) is 17.8 Å². The summed E-state index contributed by atoms with van der Waals surface area (Å²) in [5.41, 5.74) is 2.03. The van der Waals surface area contributed by atoms with Gasteiger partial charge >= 0.3 is 0 Å². The van der Waals surface area contributed by atoms with Crippen molar-refractivity contribution in [3.8, 4) is 11.4 Å². The highest BCUT2D eigenvalue weighted by Gasteiger charge is 2.12. The zero-order chi connectivity index (χ0) is 22.2. The molecule has 2 N–H and O–H groups in total. The Balaban J connectivity index is 1.48. The topological polar surface area (TPSA) is 97.1 Å². The molecule has 1 heterocycles. The Morgan fingerprint density at radius 3 is 2.68 bits per heavy atom. The number of aryl methyl sites for hydroxylation is 1. The van der Waals surface area contributed by atoms with Gasteiger partial charge in [-0.05, 0) is 55.3 Å². The summed E-state index contributed by atoms with van der Waals surface area (Å²) in [6.07, 6.45) is 1.32. The van der Waals surface area contributed by atoms with Crippen molar-refractivity contribution >= 4 is 11.8 Å². The van der Waals surface area contributed by atoms with Gasteiger partial charge in [-0.25, -0.2) is 4.39 Å². The fourth-order valence-electron chi connectivity index (χ4n) is 2.81. The number of nitrogens with zero attached hydrogens (tertiary/aromatic N) is 2.